The first-order chi connectivity index (χ1) is 8.77. The first-order valence-corrected chi connectivity index (χ1v) is 6.95. The SMILES string of the molecule is CCCCCC(=C=CC(O)c1ccccc1)CC. The fourth-order valence-electron chi connectivity index (χ4n) is 1.88. The quantitative estimate of drug-likeness (QED) is 0.540. The van der Waals surface area contributed by atoms with Gasteiger partial charge in [-0.15, -0.1) is 5.73 Å². The minimum atomic E-state index is -0.543. The van der Waals surface area contributed by atoms with Crippen LogP contribution in [0.3, 0.4) is 0 Å². The normalized spacial score (nSPS) is 11.7. The lowest BCUT2D eigenvalue weighted by Gasteiger charge is -2.04. The van der Waals surface area contributed by atoms with E-state index in [-0.39, 0.29) is 0 Å². The molecule has 0 aromatic heterocycles. The second kappa shape index (κ2) is 8.74. The van der Waals surface area contributed by atoms with E-state index in [4.69, 9.17) is 0 Å². The van der Waals surface area contributed by atoms with Crippen LogP contribution in [0, 0.1) is 0 Å². The number of benzene rings is 1. The maximum Gasteiger partial charge on any atom is 0.104 e. The number of aliphatic hydroxyl groups excluding tert-OH is 1. The van der Waals surface area contributed by atoms with Gasteiger partial charge in [-0.2, -0.15) is 0 Å². The summed E-state index contributed by atoms with van der Waals surface area (Å²) in [6, 6.07) is 9.71. The van der Waals surface area contributed by atoms with E-state index in [0.717, 1.165) is 18.4 Å². The van der Waals surface area contributed by atoms with E-state index in [0.29, 0.717) is 0 Å². The topological polar surface area (TPSA) is 20.2 Å². The van der Waals surface area contributed by atoms with Crippen molar-refractivity contribution >= 4 is 0 Å². The van der Waals surface area contributed by atoms with E-state index in [1.807, 2.05) is 30.3 Å². The number of hydrogen-bond donors (Lipinski definition) is 1. The Morgan fingerprint density at radius 3 is 2.56 bits per heavy atom. The van der Waals surface area contributed by atoms with Crippen LogP contribution in [-0.4, -0.2) is 5.11 Å². The monoisotopic (exact) mass is 244 g/mol. The maximum atomic E-state index is 10.0. The average Bonchev–Trinajstić information content (AvgIpc) is 2.43. The summed E-state index contributed by atoms with van der Waals surface area (Å²) in [5.74, 6) is 0. The number of hydrogen-bond acceptors (Lipinski definition) is 1. The van der Waals surface area contributed by atoms with Gasteiger partial charge in [0, 0.05) is 0 Å². The van der Waals surface area contributed by atoms with Crippen molar-refractivity contribution in [3.63, 3.8) is 0 Å². The van der Waals surface area contributed by atoms with Gasteiger partial charge in [0.05, 0.1) is 0 Å². The Morgan fingerprint density at radius 2 is 1.94 bits per heavy atom. The molecule has 1 nitrogen and oxygen atoms in total. The van der Waals surface area contributed by atoms with E-state index in [2.05, 4.69) is 19.6 Å². The van der Waals surface area contributed by atoms with Gasteiger partial charge in [0.2, 0.25) is 0 Å². The largest absolute Gasteiger partial charge is 0.384 e. The third-order valence-corrected chi connectivity index (χ3v) is 3.10. The lowest BCUT2D eigenvalue weighted by Crippen LogP contribution is -1.91. The summed E-state index contributed by atoms with van der Waals surface area (Å²) in [5.41, 5.74) is 5.50. The molecule has 0 aliphatic rings. The Bertz CT molecular complexity index is 385. The van der Waals surface area contributed by atoms with Crippen LogP contribution >= 0.6 is 0 Å². The zero-order chi connectivity index (χ0) is 13.2. The summed E-state index contributed by atoms with van der Waals surface area (Å²) in [7, 11) is 0. The number of aliphatic hydroxyl groups is 1. The smallest absolute Gasteiger partial charge is 0.104 e. The molecule has 0 heterocycles. The molecule has 1 heteroatoms. The van der Waals surface area contributed by atoms with Gasteiger partial charge >= 0.3 is 0 Å². The molecule has 1 rings (SSSR count). The molecule has 1 atom stereocenters. The summed E-state index contributed by atoms with van der Waals surface area (Å²) in [4.78, 5) is 0. The van der Waals surface area contributed by atoms with Crippen molar-refractivity contribution < 1.29 is 5.11 Å². The van der Waals surface area contributed by atoms with Gasteiger partial charge in [0.15, 0.2) is 0 Å². The Kier molecular flexibility index (Phi) is 7.17. The molecule has 0 radical (unpaired) electrons. The van der Waals surface area contributed by atoms with Crippen LogP contribution < -0.4 is 0 Å². The van der Waals surface area contributed by atoms with E-state index >= 15 is 0 Å². The molecule has 0 saturated heterocycles. The molecule has 1 N–H and O–H groups in total. The van der Waals surface area contributed by atoms with Crippen LogP contribution in [0.25, 0.3) is 0 Å². The molecular weight excluding hydrogens is 220 g/mol. The van der Waals surface area contributed by atoms with Crippen molar-refractivity contribution in [1.82, 2.24) is 0 Å². The van der Waals surface area contributed by atoms with Crippen LogP contribution in [0.4, 0.5) is 0 Å². The molecule has 0 aliphatic carbocycles. The fourth-order valence-corrected chi connectivity index (χ4v) is 1.88. The minimum Gasteiger partial charge on any atom is -0.384 e. The van der Waals surface area contributed by atoms with Crippen LogP contribution in [-0.2, 0) is 0 Å². The highest BCUT2D eigenvalue weighted by atomic mass is 16.3. The van der Waals surface area contributed by atoms with Gasteiger partial charge in [-0.05, 0) is 36.5 Å². The van der Waals surface area contributed by atoms with Crippen molar-refractivity contribution in [2.45, 2.75) is 52.1 Å². The van der Waals surface area contributed by atoms with Gasteiger partial charge < -0.3 is 5.11 Å². The minimum absolute atomic E-state index is 0.543. The molecule has 0 saturated carbocycles. The molecule has 0 spiro atoms. The fraction of sp³-hybridized carbons (Fsp3) is 0.471. The van der Waals surface area contributed by atoms with E-state index in [1.165, 1.54) is 24.8 Å². The lowest BCUT2D eigenvalue weighted by atomic mass is 10.0. The second-order valence-electron chi connectivity index (χ2n) is 4.58. The van der Waals surface area contributed by atoms with E-state index < -0.39 is 6.10 Å². The third kappa shape index (κ3) is 5.35. The molecule has 1 unspecified atom stereocenters. The Hall–Kier alpha value is -1.30. The summed E-state index contributed by atoms with van der Waals surface area (Å²) < 4.78 is 0. The summed E-state index contributed by atoms with van der Waals surface area (Å²) in [6.45, 7) is 4.36. The van der Waals surface area contributed by atoms with Crippen LogP contribution in [0.1, 0.15) is 57.6 Å². The summed E-state index contributed by atoms with van der Waals surface area (Å²) in [6.07, 6.45) is 7.09. The molecular formula is C17H24O. The highest BCUT2D eigenvalue weighted by Gasteiger charge is 2.01. The molecule has 0 bridgehead atoms. The highest BCUT2D eigenvalue weighted by molar-refractivity contribution is 5.21. The first-order valence-electron chi connectivity index (χ1n) is 6.95. The Balaban J connectivity index is 2.63. The van der Waals surface area contributed by atoms with Crippen molar-refractivity contribution in [2.75, 3.05) is 0 Å². The standard InChI is InChI=1S/C17H24O/c1-3-5-7-10-15(4-2)13-14-17(18)16-11-8-6-9-12-16/h6,8-9,11-12,14,17-18H,3-5,7,10H2,1-2H3. The van der Waals surface area contributed by atoms with Gasteiger partial charge in [-0.3, -0.25) is 0 Å². The highest BCUT2D eigenvalue weighted by Crippen LogP contribution is 2.15. The molecule has 1 aromatic rings. The zero-order valence-electron chi connectivity index (χ0n) is 11.5. The number of unbranched alkanes of at least 4 members (excludes halogenated alkanes) is 2. The Morgan fingerprint density at radius 1 is 1.22 bits per heavy atom. The van der Waals surface area contributed by atoms with Crippen LogP contribution in [0.2, 0.25) is 0 Å². The molecule has 18 heavy (non-hydrogen) atoms. The van der Waals surface area contributed by atoms with Gasteiger partial charge in [0.25, 0.3) is 0 Å². The van der Waals surface area contributed by atoms with Gasteiger partial charge in [-0.1, -0.05) is 57.0 Å². The first kappa shape index (κ1) is 14.8. The number of rotatable bonds is 7. The Labute approximate surface area is 111 Å². The second-order valence-corrected chi connectivity index (χ2v) is 4.58. The molecule has 0 fully saturated rings. The van der Waals surface area contributed by atoms with E-state index in [1.54, 1.807) is 6.08 Å². The average molecular weight is 244 g/mol. The third-order valence-electron chi connectivity index (χ3n) is 3.10. The maximum absolute atomic E-state index is 10.0. The predicted octanol–water partition coefficient (Wildman–Crippen LogP) is 4.79. The summed E-state index contributed by atoms with van der Waals surface area (Å²) in [5, 5.41) is 10.0. The van der Waals surface area contributed by atoms with Crippen LogP contribution in [0.5, 0.6) is 0 Å². The van der Waals surface area contributed by atoms with Gasteiger partial charge in [0.1, 0.15) is 6.10 Å². The van der Waals surface area contributed by atoms with Crippen molar-refractivity contribution in [3.05, 3.63) is 53.3 Å². The van der Waals surface area contributed by atoms with Crippen LogP contribution in [0.15, 0.2) is 47.7 Å². The van der Waals surface area contributed by atoms with E-state index in [9.17, 15) is 5.11 Å². The lowest BCUT2D eigenvalue weighted by molar-refractivity contribution is 0.229. The van der Waals surface area contributed by atoms with Crippen molar-refractivity contribution in [2.24, 2.45) is 0 Å². The van der Waals surface area contributed by atoms with Gasteiger partial charge in [-0.25, -0.2) is 0 Å². The molecule has 98 valence electrons. The zero-order valence-corrected chi connectivity index (χ0v) is 11.5. The van der Waals surface area contributed by atoms with Crippen molar-refractivity contribution in [3.8, 4) is 0 Å². The molecule has 1 aromatic carbocycles. The predicted molar refractivity (Wildman–Crippen MR) is 77.4 cm³/mol. The molecule has 0 amide bonds. The van der Waals surface area contributed by atoms with Crippen molar-refractivity contribution in [1.29, 1.82) is 0 Å². The molecule has 0 aliphatic heterocycles. The summed E-state index contributed by atoms with van der Waals surface area (Å²) >= 11 is 0.